The van der Waals surface area contributed by atoms with Gasteiger partial charge in [-0.05, 0) is 19.2 Å². The zero-order valence-electron chi connectivity index (χ0n) is 9.56. The Kier molecular flexibility index (Phi) is 4.47. The molecule has 1 unspecified atom stereocenters. The number of hydrogen-bond acceptors (Lipinski definition) is 4. The molecule has 0 aliphatic rings. The average molecular weight is 238 g/mol. The van der Waals surface area contributed by atoms with E-state index in [-0.39, 0.29) is 0 Å². The van der Waals surface area contributed by atoms with Gasteiger partial charge in [0.1, 0.15) is 5.75 Å². The maximum atomic E-state index is 11.6. The Hall–Kier alpha value is -2.08. The van der Waals surface area contributed by atoms with Gasteiger partial charge in [0.05, 0.1) is 12.8 Å². The number of hydrogen-bond donors (Lipinski definition) is 3. The average Bonchev–Trinajstić information content (AvgIpc) is 2.30. The second-order valence-electron chi connectivity index (χ2n) is 3.25. The van der Waals surface area contributed by atoms with Crippen molar-refractivity contribution in [2.75, 3.05) is 19.5 Å². The second-order valence-corrected chi connectivity index (χ2v) is 3.25. The molecule has 1 aromatic carbocycles. The number of benzene rings is 1. The minimum Gasteiger partial charge on any atom is -0.495 e. The summed E-state index contributed by atoms with van der Waals surface area (Å²) in [5.74, 6) is -1.41. The molecule has 3 N–H and O–H groups in total. The van der Waals surface area contributed by atoms with Crippen molar-refractivity contribution in [1.82, 2.24) is 5.32 Å². The summed E-state index contributed by atoms with van der Waals surface area (Å²) in [6.45, 7) is 0. The van der Waals surface area contributed by atoms with Gasteiger partial charge in [-0.3, -0.25) is 10.1 Å². The molecule has 0 aliphatic carbocycles. The number of carbonyl (C=O) groups excluding carboxylic acids is 1. The highest BCUT2D eigenvalue weighted by atomic mass is 16.5. The van der Waals surface area contributed by atoms with Gasteiger partial charge in [-0.2, -0.15) is 0 Å². The van der Waals surface area contributed by atoms with Crippen molar-refractivity contribution in [2.45, 2.75) is 6.04 Å². The van der Waals surface area contributed by atoms with Gasteiger partial charge in [-0.15, -0.1) is 0 Å². The van der Waals surface area contributed by atoms with Crippen LogP contribution in [0.15, 0.2) is 24.3 Å². The molecular formula is C11H14N2O4. The van der Waals surface area contributed by atoms with E-state index in [1.807, 2.05) is 0 Å². The topological polar surface area (TPSA) is 87.7 Å². The third-order valence-electron chi connectivity index (χ3n) is 2.16. The van der Waals surface area contributed by atoms with Crippen LogP contribution in [-0.2, 0) is 9.59 Å². The molecule has 1 amide bonds. The zero-order chi connectivity index (χ0) is 12.8. The molecule has 0 bridgehead atoms. The molecule has 0 radical (unpaired) electrons. The van der Waals surface area contributed by atoms with Crippen molar-refractivity contribution >= 4 is 17.6 Å². The van der Waals surface area contributed by atoms with E-state index in [2.05, 4.69) is 10.6 Å². The number of nitrogens with one attached hydrogen (secondary N) is 2. The van der Waals surface area contributed by atoms with E-state index in [9.17, 15) is 9.59 Å². The van der Waals surface area contributed by atoms with Crippen molar-refractivity contribution in [3.63, 3.8) is 0 Å². The molecule has 1 aromatic rings. The monoisotopic (exact) mass is 238 g/mol. The number of carboxylic acids is 1. The van der Waals surface area contributed by atoms with Crippen LogP contribution in [0, 0.1) is 0 Å². The normalized spacial score (nSPS) is 11.6. The molecular weight excluding hydrogens is 224 g/mol. The first-order chi connectivity index (χ1) is 8.10. The number of carboxylic acid groups (broad SMARTS) is 1. The van der Waals surface area contributed by atoms with Gasteiger partial charge in [0.25, 0.3) is 5.91 Å². The number of carbonyl (C=O) groups is 2. The number of methoxy groups -OCH3 is 1. The first-order valence-corrected chi connectivity index (χ1v) is 4.94. The van der Waals surface area contributed by atoms with E-state index < -0.39 is 17.9 Å². The summed E-state index contributed by atoms with van der Waals surface area (Å²) < 4.78 is 5.04. The predicted molar refractivity (Wildman–Crippen MR) is 62.1 cm³/mol. The van der Waals surface area contributed by atoms with E-state index in [0.29, 0.717) is 11.4 Å². The fourth-order valence-corrected chi connectivity index (χ4v) is 1.32. The quantitative estimate of drug-likeness (QED) is 0.642. The highest BCUT2D eigenvalue weighted by Crippen LogP contribution is 2.22. The van der Waals surface area contributed by atoms with Gasteiger partial charge in [-0.1, -0.05) is 12.1 Å². The molecule has 92 valence electrons. The molecule has 1 atom stereocenters. The Morgan fingerprint density at radius 2 is 2.00 bits per heavy atom. The van der Waals surface area contributed by atoms with Crippen LogP contribution in [0.25, 0.3) is 0 Å². The van der Waals surface area contributed by atoms with E-state index in [0.717, 1.165) is 0 Å². The number of likely N-dealkylation sites (N-methyl/N-ethyl adjacent to an activating group) is 1. The Balaban J connectivity index is 2.83. The van der Waals surface area contributed by atoms with E-state index >= 15 is 0 Å². The Labute approximate surface area is 98.6 Å². The Morgan fingerprint density at radius 1 is 1.35 bits per heavy atom. The van der Waals surface area contributed by atoms with E-state index in [1.165, 1.54) is 14.2 Å². The van der Waals surface area contributed by atoms with Crippen LogP contribution < -0.4 is 15.4 Å². The van der Waals surface area contributed by atoms with Crippen molar-refractivity contribution in [1.29, 1.82) is 0 Å². The minimum absolute atomic E-state index is 0.432. The lowest BCUT2D eigenvalue weighted by Crippen LogP contribution is -2.44. The molecule has 0 spiro atoms. The number of rotatable bonds is 5. The lowest BCUT2D eigenvalue weighted by molar-refractivity contribution is -0.142. The molecule has 0 saturated heterocycles. The van der Waals surface area contributed by atoms with Crippen LogP contribution in [0.5, 0.6) is 5.75 Å². The summed E-state index contributed by atoms with van der Waals surface area (Å²) >= 11 is 0. The molecule has 0 aliphatic heterocycles. The van der Waals surface area contributed by atoms with Crippen LogP contribution >= 0.6 is 0 Å². The fraction of sp³-hybridized carbons (Fsp3) is 0.273. The second kappa shape index (κ2) is 5.86. The van der Waals surface area contributed by atoms with Crippen LogP contribution in [0.3, 0.4) is 0 Å². The number of ether oxygens (including phenoxy) is 1. The highest BCUT2D eigenvalue weighted by molar-refractivity contribution is 6.08. The standard InChI is InChI=1S/C11H14N2O4/c1-12-9(11(15)16)10(14)13-7-5-3-4-6-8(7)17-2/h3-6,9,12H,1-2H3,(H,13,14)(H,15,16). The first-order valence-electron chi connectivity index (χ1n) is 4.94. The summed E-state index contributed by atoms with van der Waals surface area (Å²) in [4.78, 5) is 22.4. The molecule has 6 heteroatoms. The lowest BCUT2D eigenvalue weighted by atomic mass is 10.2. The maximum Gasteiger partial charge on any atom is 0.330 e. The largest absolute Gasteiger partial charge is 0.495 e. The molecule has 0 saturated carbocycles. The van der Waals surface area contributed by atoms with Crippen molar-refractivity contribution < 1.29 is 19.4 Å². The van der Waals surface area contributed by atoms with Crippen molar-refractivity contribution in [3.05, 3.63) is 24.3 Å². The Bertz CT molecular complexity index is 420. The van der Waals surface area contributed by atoms with Gasteiger partial charge in [-0.25, -0.2) is 4.79 Å². The fourth-order valence-electron chi connectivity index (χ4n) is 1.32. The van der Waals surface area contributed by atoms with Gasteiger partial charge in [0.15, 0.2) is 6.04 Å². The van der Waals surface area contributed by atoms with Crippen LogP contribution in [0.2, 0.25) is 0 Å². The third-order valence-corrected chi connectivity index (χ3v) is 2.16. The van der Waals surface area contributed by atoms with E-state index in [1.54, 1.807) is 24.3 Å². The van der Waals surface area contributed by atoms with Crippen LogP contribution in [-0.4, -0.2) is 37.2 Å². The summed E-state index contributed by atoms with van der Waals surface area (Å²) in [6, 6.07) is 5.48. The SMILES string of the molecule is CNC(C(=O)O)C(=O)Nc1ccccc1OC. The molecule has 0 heterocycles. The first kappa shape index (κ1) is 13.0. The van der Waals surface area contributed by atoms with Gasteiger partial charge < -0.3 is 15.2 Å². The lowest BCUT2D eigenvalue weighted by Gasteiger charge is -2.13. The van der Waals surface area contributed by atoms with Gasteiger partial charge >= 0.3 is 5.97 Å². The number of amides is 1. The van der Waals surface area contributed by atoms with Gasteiger partial charge in [0, 0.05) is 0 Å². The van der Waals surface area contributed by atoms with E-state index in [4.69, 9.17) is 9.84 Å². The number of anilines is 1. The molecule has 6 nitrogen and oxygen atoms in total. The summed E-state index contributed by atoms with van der Waals surface area (Å²) in [5, 5.41) is 13.7. The Morgan fingerprint density at radius 3 is 2.53 bits per heavy atom. The van der Waals surface area contributed by atoms with Crippen molar-refractivity contribution in [3.8, 4) is 5.75 Å². The van der Waals surface area contributed by atoms with Crippen LogP contribution in [0.1, 0.15) is 0 Å². The minimum atomic E-state index is -1.29. The maximum absolute atomic E-state index is 11.6. The number of para-hydroxylation sites is 2. The molecule has 0 fully saturated rings. The highest BCUT2D eigenvalue weighted by Gasteiger charge is 2.24. The van der Waals surface area contributed by atoms with Crippen molar-refractivity contribution in [2.24, 2.45) is 0 Å². The third kappa shape index (κ3) is 3.18. The zero-order valence-corrected chi connectivity index (χ0v) is 9.56. The summed E-state index contributed by atoms with van der Waals surface area (Å²) in [7, 11) is 2.87. The smallest absolute Gasteiger partial charge is 0.330 e. The molecule has 17 heavy (non-hydrogen) atoms. The number of aliphatic carboxylic acids is 1. The summed E-state index contributed by atoms with van der Waals surface area (Å²) in [6.07, 6.45) is 0. The molecule has 1 rings (SSSR count). The predicted octanol–water partition coefficient (Wildman–Crippen LogP) is 0.306. The van der Waals surface area contributed by atoms with Crippen LogP contribution in [0.4, 0.5) is 5.69 Å². The van der Waals surface area contributed by atoms with Gasteiger partial charge in [0.2, 0.25) is 0 Å². The molecule has 0 aromatic heterocycles. The summed E-state index contributed by atoms with van der Waals surface area (Å²) in [5.41, 5.74) is 0.432.